The molecule has 0 unspecified atom stereocenters. The molecule has 2 aromatic carbocycles. The van der Waals surface area contributed by atoms with Gasteiger partial charge >= 0.3 is 0 Å². The van der Waals surface area contributed by atoms with Crippen molar-refractivity contribution in [3.05, 3.63) is 78.5 Å². The Morgan fingerprint density at radius 2 is 1.75 bits per heavy atom. The number of benzene rings is 2. The topological polar surface area (TPSA) is 52.3 Å². The number of ether oxygens (including phenoxy) is 1. The summed E-state index contributed by atoms with van der Waals surface area (Å²) in [5.74, 6) is 0.800. The van der Waals surface area contributed by atoms with Crippen molar-refractivity contribution in [2.75, 3.05) is 7.11 Å². The first-order valence-corrected chi connectivity index (χ1v) is 9.09. The van der Waals surface area contributed by atoms with Crippen molar-refractivity contribution in [2.24, 2.45) is 0 Å². The molecule has 0 saturated carbocycles. The molecule has 3 aromatic heterocycles. The highest BCUT2D eigenvalue weighted by molar-refractivity contribution is 5.91. The lowest BCUT2D eigenvalue weighted by Crippen LogP contribution is -1.98. The highest BCUT2D eigenvalue weighted by Crippen LogP contribution is 2.30. The average molecular weight is 366 g/mol. The van der Waals surface area contributed by atoms with Crippen LogP contribution in [0.5, 0.6) is 5.75 Å². The molecule has 0 aliphatic rings. The van der Waals surface area contributed by atoms with Crippen molar-refractivity contribution < 1.29 is 4.74 Å². The third-order valence-electron chi connectivity index (χ3n) is 4.86. The van der Waals surface area contributed by atoms with E-state index in [-0.39, 0.29) is 0 Å². The lowest BCUT2D eigenvalue weighted by atomic mass is 10.1. The second-order valence-electron chi connectivity index (χ2n) is 6.73. The molecule has 3 heterocycles. The van der Waals surface area contributed by atoms with Crippen LogP contribution in [0, 0.1) is 6.92 Å². The van der Waals surface area contributed by atoms with Crippen LogP contribution >= 0.6 is 0 Å². The number of pyridine rings is 1. The summed E-state index contributed by atoms with van der Waals surface area (Å²) < 4.78 is 7.28. The van der Waals surface area contributed by atoms with Crippen LogP contribution in [0.25, 0.3) is 39.2 Å². The maximum absolute atomic E-state index is 5.42. The third kappa shape index (κ3) is 2.68. The summed E-state index contributed by atoms with van der Waals surface area (Å²) in [6, 6.07) is 22.4. The number of nitrogens with zero attached hydrogens (tertiary/aromatic N) is 4. The summed E-state index contributed by atoms with van der Waals surface area (Å²) in [6.45, 7) is 2.08. The Kier molecular flexibility index (Phi) is 3.79. The van der Waals surface area contributed by atoms with Crippen molar-refractivity contribution in [2.45, 2.75) is 6.92 Å². The van der Waals surface area contributed by atoms with Gasteiger partial charge in [-0.25, -0.2) is 14.5 Å². The average Bonchev–Trinajstić information content (AvgIpc) is 3.12. The first-order chi connectivity index (χ1) is 13.7. The maximum Gasteiger partial charge on any atom is 0.183 e. The number of aryl methyl sites for hydroxylation is 1. The monoisotopic (exact) mass is 366 g/mol. The quantitative estimate of drug-likeness (QED) is 0.454. The van der Waals surface area contributed by atoms with Crippen LogP contribution in [0.4, 0.5) is 0 Å². The molecule has 136 valence electrons. The molecule has 0 bridgehead atoms. The van der Waals surface area contributed by atoms with E-state index in [0.717, 1.165) is 39.3 Å². The Bertz CT molecular complexity index is 1310. The summed E-state index contributed by atoms with van der Waals surface area (Å²) in [7, 11) is 1.67. The first-order valence-electron chi connectivity index (χ1n) is 9.09. The van der Waals surface area contributed by atoms with Crippen LogP contribution in [-0.2, 0) is 0 Å². The van der Waals surface area contributed by atoms with Crippen LogP contribution in [0.1, 0.15) is 5.56 Å². The zero-order chi connectivity index (χ0) is 19.1. The van der Waals surface area contributed by atoms with E-state index in [4.69, 9.17) is 14.8 Å². The van der Waals surface area contributed by atoms with Gasteiger partial charge in [0.1, 0.15) is 5.75 Å². The minimum atomic E-state index is 0.681. The van der Waals surface area contributed by atoms with E-state index in [1.54, 1.807) is 13.3 Å². The summed E-state index contributed by atoms with van der Waals surface area (Å²) in [4.78, 5) is 9.33. The molecule has 0 aliphatic heterocycles. The zero-order valence-electron chi connectivity index (χ0n) is 15.6. The molecular weight excluding hydrogens is 348 g/mol. The summed E-state index contributed by atoms with van der Waals surface area (Å²) in [5, 5.41) is 5.63. The fraction of sp³-hybridized carbons (Fsp3) is 0.0870. The fourth-order valence-electron chi connectivity index (χ4n) is 3.38. The second-order valence-corrected chi connectivity index (χ2v) is 6.73. The summed E-state index contributed by atoms with van der Waals surface area (Å²) in [5.41, 5.74) is 6.60. The Morgan fingerprint density at radius 1 is 0.893 bits per heavy atom. The fourth-order valence-corrected chi connectivity index (χ4v) is 3.38. The maximum atomic E-state index is 5.42. The van der Waals surface area contributed by atoms with Crippen LogP contribution in [-0.4, -0.2) is 26.7 Å². The van der Waals surface area contributed by atoms with E-state index in [2.05, 4.69) is 48.3 Å². The van der Waals surface area contributed by atoms with Gasteiger partial charge in [-0.2, -0.15) is 0 Å². The molecule has 5 aromatic rings. The van der Waals surface area contributed by atoms with Gasteiger partial charge in [0.05, 0.1) is 23.9 Å². The van der Waals surface area contributed by atoms with Gasteiger partial charge in [-0.15, -0.1) is 5.10 Å². The van der Waals surface area contributed by atoms with Gasteiger partial charge in [0.15, 0.2) is 11.3 Å². The molecule has 5 nitrogen and oxygen atoms in total. The minimum absolute atomic E-state index is 0.681. The third-order valence-corrected chi connectivity index (χ3v) is 4.86. The number of hydrogen-bond donors (Lipinski definition) is 0. The van der Waals surface area contributed by atoms with E-state index in [1.165, 1.54) is 5.56 Å². The molecule has 0 N–H and O–H groups in total. The molecule has 5 heteroatoms. The van der Waals surface area contributed by atoms with E-state index in [0.29, 0.717) is 5.65 Å². The van der Waals surface area contributed by atoms with Gasteiger partial charge in [0.25, 0.3) is 0 Å². The van der Waals surface area contributed by atoms with Gasteiger partial charge in [0.2, 0.25) is 0 Å². The summed E-state index contributed by atoms with van der Waals surface area (Å²) in [6.07, 6.45) is 1.75. The molecular formula is C23H18N4O. The molecule has 0 saturated heterocycles. The first kappa shape index (κ1) is 16.4. The second kappa shape index (κ2) is 6.46. The Labute approximate surface area is 162 Å². The zero-order valence-corrected chi connectivity index (χ0v) is 15.6. The molecule has 5 rings (SSSR count). The van der Waals surface area contributed by atoms with Gasteiger partial charge < -0.3 is 4.74 Å². The molecule has 0 amide bonds. The Morgan fingerprint density at radius 3 is 2.57 bits per heavy atom. The number of aromatic nitrogens is 4. The normalized spacial score (nSPS) is 11.2. The number of rotatable bonds is 3. The molecule has 0 fully saturated rings. The number of hydrogen-bond acceptors (Lipinski definition) is 4. The predicted octanol–water partition coefficient (Wildman–Crippen LogP) is 4.93. The Balaban J connectivity index is 1.85. The van der Waals surface area contributed by atoms with Crippen LogP contribution in [0.15, 0.2) is 72.9 Å². The smallest absolute Gasteiger partial charge is 0.183 e. The van der Waals surface area contributed by atoms with Crippen molar-refractivity contribution in [3.63, 3.8) is 0 Å². The number of fused-ring (bicyclic) bond motifs is 3. The predicted molar refractivity (Wildman–Crippen MR) is 110 cm³/mol. The highest BCUT2D eigenvalue weighted by Gasteiger charge is 2.15. The standard InChI is InChI=1S/C23H18N4O/c1-15-8-10-16(11-9-15)20-14-21(17-5-3-6-18(13-17)28-2)27-23(25-20)19-7-4-12-24-22(19)26-27/h3-14H,1-2H3. The summed E-state index contributed by atoms with van der Waals surface area (Å²) >= 11 is 0. The van der Waals surface area contributed by atoms with Crippen LogP contribution in [0.3, 0.4) is 0 Å². The number of methoxy groups -OCH3 is 1. The van der Waals surface area contributed by atoms with Crippen LogP contribution < -0.4 is 4.74 Å². The van der Waals surface area contributed by atoms with Gasteiger partial charge in [-0.1, -0.05) is 42.0 Å². The highest BCUT2D eigenvalue weighted by atomic mass is 16.5. The van der Waals surface area contributed by atoms with E-state index in [9.17, 15) is 0 Å². The largest absolute Gasteiger partial charge is 0.497 e. The van der Waals surface area contributed by atoms with Crippen LogP contribution in [0.2, 0.25) is 0 Å². The van der Waals surface area contributed by atoms with E-state index >= 15 is 0 Å². The lowest BCUT2D eigenvalue weighted by Gasteiger charge is -2.10. The van der Waals surface area contributed by atoms with Crippen molar-refractivity contribution in [3.8, 4) is 28.3 Å². The van der Waals surface area contributed by atoms with Crippen molar-refractivity contribution >= 4 is 16.7 Å². The van der Waals surface area contributed by atoms with Gasteiger partial charge in [-0.05, 0) is 37.3 Å². The molecule has 0 spiro atoms. The Hall–Kier alpha value is -3.73. The molecule has 28 heavy (non-hydrogen) atoms. The molecule has 0 aliphatic carbocycles. The van der Waals surface area contributed by atoms with E-state index in [1.807, 2.05) is 34.8 Å². The van der Waals surface area contributed by atoms with E-state index < -0.39 is 0 Å². The molecule has 0 radical (unpaired) electrons. The van der Waals surface area contributed by atoms with Crippen molar-refractivity contribution in [1.29, 1.82) is 0 Å². The van der Waals surface area contributed by atoms with Crippen molar-refractivity contribution in [1.82, 2.24) is 19.6 Å². The lowest BCUT2D eigenvalue weighted by molar-refractivity contribution is 0.415. The van der Waals surface area contributed by atoms with Gasteiger partial charge in [-0.3, -0.25) is 0 Å². The van der Waals surface area contributed by atoms with Gasteiger partial charge in [0, 0.05) is 17.3 Å². The minimum Gasteiger partial charge on any atom is -0.497 e. The SMILES string of the molecule is COc1cccc(-c2cc(-c3ccc(C)cc3)nc3c4cccnc4nn23)c1. The molecule has 0 atom stereocenters.